The van der Waals surface area contributed by atoms with E-state index in [0.717, 1.165) is 24.0 Å². The molecular formula is C18H24N2O2. The maximum atomic E-state index is 12.0. The maximum Gasteiger partial charge on any atom is 0.315 e. The van der Waals surface area contributed by atoms with Crippen LogP contribution in [0.25, 0.3) is 0 Å². The Morgan fingerprint density at radius 3 is 2.95 bits per heavy atom. The minimum Gasteiger partial charge on any atom is -0.390 e. The molecular weight excluding hydrogens is 276 g/mol. The Bertz CT molecular complexity index is 568. The molecule has 2 aliphatic carbocycles. The van der Waals surface area contributed by atoms with Crippen molar-refractivity contribution in [2.45, 2.75) is 50.7 Å². The van der Waals surface area contributed by atoms with Crippen molar-refractivity contribution in [1.82, 2.24) is 10.6 Å². The summed E-state index contributed by atoms with van der Waals surface area (Å²) in [5.74, 6) is 0. The van der Waals surface area contributed by atoms with E-state index >= 15 is 0 Å². The number of urea groups is 1. The van der Waals surface area contributed by atoms with E-state index in [1.807, 2.05) is 24.3 Å². The largest absolute Gasteiger partial charge is 0.390 e. The first-order valence-electron chi connectivity index (χ1n) is 8.22. The Hall–Kier alpha value is -1.81. The average Bonchev–Trinajstić information content (AvgIpc) is 2.84. The van der Waals surface area contributed by atoms with Gasteiger partial charge < -0.3 is 15.7 Å². The number of hydrogen-bond donors (Lipinski definition) is 3. The fourth-order valence-corrected chi connectivity index (χ4v) is 3.41. The lowest BCUT2D eigenvalue weighted by Gasteiger charge is -2.19. The molecule has 0 radical (unpaired) electrons. The summed E-state index contributed by atoms with van der Waals surface area (Å²) in [6.07, 6.45) is 8.19. The highest BCUT2D eigenvalue weighted by Crippen LogP contribution is 2.31. The third-order valence-corrected chi connectivity index (χ3v) is 4.61. The number of aliphatic hydroxyl groups is 1. The Labute approximate surface area is 131 Å². The van der Waals surface area contributed by atoms with Crippen LogP contribution in [0.15, 0.2) is 35.9 Å². The van der Waals surface area contributed by atoms with E-state index < -0.39 is 6.10 Å². The minimum absolute atomic E-state index is 0.197. The molecule has 0 aromatic heterocycles. The lowest BCUT2D eigenvalue weighted by Crippen LogP contribution is -2.41. The summed E-state index contributed by atoms with van der Waals surface area (Å²) >= 11 is 0. The SMILES string of the molecule is O=C(NCCC1=CCCCC1)NC1c2ccccc2CC1O. The molecule has 3 rings (SSSR count). The number of nitrogens with one attached hydrogen (secondary N) is 2. The summed E-state index contributed by atoms with van der Waals surface area (Å²) in [7, 11) is 0. The van der Waals surface area contributed by atoms with Crippen molar-refractivity contribution in [3.8, 4) is 0 Å². The summed E-state index contributed by atoms with van der Waals surface area (Å²) in [6, 6.07) is 7.39. The van der Waals surface area contributed by atoms with Crippen LogP contribution >= 0.6 is 0 Å². The number of allylic oxidation sites excluding steroid dienone is 1. The minimum atomic E-state index is -0.538. The highest BCUT2D eigenvalue weighted by Gasteiger charge is 2.31. The van der Waals surface area contributed by atoms with E-state index in [1.54, 1.807) is 0 Å². The fourth-order valence-electron chi connectivity index (χ4n) is 3.41. The number of benzene rings is 1. The molecule has 22 heavy (non-hydrogen) atoms. The summed E-state index contributed by atoms with van der Waals surface area (Å²) in [4.78, 5) is 12.0. The van der Waals surface area contributed by atoms with E-state index in [2.05, 4.69) is 16.7 Å². The van der Waals surface area contributed by atoms with Gasteiger partial charge in [-0.05, 0) is 43.2 Å². The van der Waals surface area contributed by atoms with Crippen LogP contribution < -0.4 is 10.6 Å². The normalized spacial score (nSPS) is 23.6. The Kier molecular flexibility index (Phi) is 4.78. The zero-order valence-electron chi connectivity index (χ0n) is 12.8. The molecule has 2 amide bonds. The van der Waals surface area contributed by atoms with Gasteiger partial charge in [0.2, 0.25) is 0 Å². The van der Waals surface area contributed by atoms with Gasteiger partial charge in [-0.1, -0.05) is 35.9 Å². The van der Waals surface area contributed by atoms with E-state index in [9.17, 15) is 9.90 Å². The van der Waals surface area contributed by atoms with Gasteiger partial charge in [-0.25, -0.2) is 4.79 Å². The van der Waals surface area contributed by atoms with Crippen LogP contribution in [0.3, 0.4) is 0 Å². The molecule has 3 N–H and O–H groups in total. The third kappa shape index (κ3) is 3.50. The van der Waals surface area contributed by atoms with Crippen LogP contribution in [0, 0.1) is 0 Å². The van der Waals surface area contributed by atoms with Gasteiger partial charge in [0.25, 0.3) is 0 Å². The molecule has 4 nitrogen and oxygen atoms in total. The lowest BCUT2D eigenvalue weighted by atomic mass is 9.97. The Morgan fingerprint density at radius 1 is 1.27 bits per heavy atom. The maximum absolute atomic E-state index is 12.0. The van der Waals surface area contributed by atoms with Crippen molar-refractivity contribution in [2.24, 2.45) is 0 Å². The van der Waals surface area contributed by atoms with Crippen molar-refractivity contribution < 1.29 is 9.90 Å². The molecule has 0 saturated carbocycles. The molecule has 1 aromatic rings. The van der Waals surface area contributed by atoms with E-state index in [0.29, 0.717) is 13.0 Å². The van der Waals surface area contributed by atoms with Gasteiger partial charge in [-0.15, -0.1) is 0 Å². The summed E-state index contributed by atoms with van der Waals surface area (Å²) in [6.45, 7) is 0.655. The van der Waals surface area contributed by atoms with Crippen molar-refractivity contribution >= 4 is 6.03 Å². The molecule has 1 aromatic carbocycles. The summed E-state index contributed by atoms with van der Waals surface area (Å²) in [5, 5.41) is 15.9. The molecule has 0 saturated heterocycles. The third-order valence-electron chi connectivity index (χ3n) is 4.61. The molecule has 0 aliphatic heterocycles. The summed E-state index contributed by atoms with van der Waals surface area (Å²) < 4.78 is 0. The van der Waals surface area contributed by atoms with Crippen molar-refractivity contribution in [2.75, 3.05) is 6.54 Å². The zero-order chi connectivity index (χ0) is 15.4. The fraction of sp³-hybridized carbons (Fsp3) is 0.500. The topological polar surface area (TPSA) is 61.4 Å². The first-order valence-corrected chi connectivity index (χ1v) is 8.22. The second-order valence-corrected chi connectivity index (χ2v) is 6.21. The van der Waals surface area contributed by atoms with Gasteiger partial charge >= 0.3 is 6.03 Å². The number of aliphatic hydroxyl groups excluding tert-OH is 1. The summed E-state index contributed by atoms with van der Waals surface area (Å²) in [5.41, 5.74) is 3.60. The van der Waals surface area contributed by atoms with Gasteiger partial charge in [-0.3, -0.25) is 0 Å². The van der Waals surface area contributed by atoms with Crippen molar-refractivity contribution in [3.63, 3.8) is 0 Å². The number of amides is 2. The highest BCUT2D eigenvalue weighted by atomic mass is 16.3. The van der Waals surface area contributed by atoms with Crippen molar-refractivity contribution in [1.29, 1.82) is 0 Å². The zero-order valence-corrected chi connectivity index (χ0v) is 12.8. The van der Waals surface area contributed by atoms with Crippen molar-refractivity contribution in [3.05, 3.63) is 47.0 Å². The highest BCUT2D eigenvalue weighted by molar-refractivity contribution is 5.74. The lowest BCUT2D eigenvalue weighted by molar-refractivity contribution is 0.142. The quantitative estimate of drug-likeness (QED) is 0.749. The number of carbonyl (C=O) groups is 1. The number of rotatable bonds is 4. The van der Waals surface area contributed by atoms with E-state index in [4.69, 9.17) is 0 Å². The number of fused-ring (bicyclic) bond motifs is 1. The molecule has 2 unspecified atom stereocenters. The molecule has 0 bridgehead atoms. The van der Waals surface area contributed by atoms with Crippen LogP contribution in [0.2, 0.25) is 0 Å². The van der Waals surface area contributed by atoms with Gasteiger partial charge in [0.1, 0.15) is 0 Å². The van der Waals surface area contributed by atoms with Crippen LogP contribution in [-0.4, -0.2) is 23.8 Å². The van der Waals surface area contributed by atoms with E-state index in [1.165, 1.54) is 24.8 Å². The van der Waals surface area contributed by atoms with Crippen LogP contribution in [0.4, 0.5) is 4.79 Å². The number of carbonyl (C=O) groups excluding carboxylic acids is 1. The Balaban J connectivity index is 1.48. The average molecular weight is 300 g/mol. The molecule has 4 heteroatoms. The molecule has 2 atom stereocenters. The molecule has 0 heterocycles. The molecule has 0 fully saturated rings. The molecule has 2 aliphatic rings. The first-order chi connectivity index (χ1) is 10.7. The first kappa shape index (κ1) is 15.1. The predicted molar refractivity (Wildman–Crippen MR) is 86.6 cm³/mol. The molecule has 0 spiro atoms. The van der Waals surface area contributed by atoms with Crippen LogP contribution in [0.1, 0.15) is 49.3 Å². The van der Waals surface area contributed by atoms with Gasteiger partial charge in [-0.2, -0.15) is 0 Å². The van der Waals surface area contributed by atoms with Gasteiger partial charge in [0.15, 0.2) is 0 Å². The standard InChI is InChI=1S/C18H24N2O2/c21-16-12-14-8-4-5-9-15(14)17(16)20-18(22)19-11-10-13-6-2-1-3-7-13/h4-6,8-9,16-17,21H,1-3,7,10-12H2,(H2,19,20,22). The second kappa shape index (κ2) is 6.97. The second-order valence-electron chi connectivity index (χ2n) is 6.21. The van der Waals surface area contributed by atoms with Gasteiger partial charge in [0.05, 0.1) is 12.1 Å². The predicted octanol–water partition coefficient (Wildman–Crippen LogP) is 2.83. The van der Waals surface area contributed by atoms with Gasteiger partial charge in [0, 0.05) is 13.0 Å². The molecule has 118 valence electrons. The van der Waals surface area contributed by atoms with Crippen LogP contribution in [-0.2, 0) is 6.42 Å². The van der Waals surface area contributed by atoms with Crippen LogP contribution in [0.5, 0.6) is 0 Å². The van der Waals surface area contributed by atoms with E-state index in [-0.39, 0.29) is 12.1 Å². The smallest absolute Gasteiger partial charge is 0.315 e. The monoisotopic (exact) mass is 300 g/mol. The number of hydrogen-bond acceptors (Lipinski definition) is 2. The Morgan fingerprint density at radius 2 is 2.14 bits per heavy atom.